The molecule has 1 fully saturated rings. The van der Waals surface area contributed by atoms with Crippen molar-refractivity contribution in [2.24, 2.45) is 15.8 Å². The average molecular weight is 305 g/mol. The topological polar surface area (TPSA) is 24.4 Å². The maximum atomic E-state index is 4.27. The first kappa shape index (κ1) is 19.2. The maximum Gasteiger partial charge on any atom is 0.0569 e. The van der Waals surface area contributed by atoms with Gasteiger partial charge in [0, 0.05) is 17.5 Å². The summed E-state index contributed by atoms with van der Waals surface area (Å²) in [5, 5.41) is 3.87. The van der Waals surface area contributed by atoms with Crippen LogP contribution in [-0.4, -0.2) is 24.8 Å². The summed E-state index contributed by atoms with van der Waals surface area (Å²) in [6.45, 7) is 16.7. The summed E-state index contributed by atoms with van der Waals surface area (Å²) in [6, 6.07) is 1.24. The van der Waals surface area contributed by atoms with Gasteiger partial charge in [0.05, 0.1) is 6.54 Å². The molecule has 0 radical (unpaired) electrons. The zero-order valence-electron chi connectivity index (χ0n) is 15.7. The summed E-state index contributed by atoms with van der Waals surface area (Å²) < 4.78 is 0. The van der Waals surface area contributed by atoms with Gasteiger partial charge >= 0.3 is 0 Å². The van der Waals surface area contributed by atoms with Crippen molar-refractivity contribution in [3.8, 4) is 0 Å². The van der Waals surface area contributed by atoms with Gasteiger partial charge in [-0.2, -0.15) is 0 Å². The Morgan fingerprint density at radius 3 is 2.23 bits per heavy atom. The molecule has 0 saturated carbocycles. The van der Waals surface area contributed by atoms with Crippen LogP contribution in [0.5, 0.6) is 0 Å². The third-order valence-electron chi connectivity index (χ3n) is 5.89. The highest BCUT2D eigenvalue weighted by atomic mass is 15.1. The molecule has 126 valence electrons. The Morgan fingerprint density at radius 2 is 1.77 bits per heavy atom. The molecule has 2 nitrogen and oxygen atoms in total. The zero-order chi connectivity index (χ0) is 16.8. The van der Waals surface area contributed by atoms with Gasteiger partial charge in [0.1, 0.15) is 0 Å². The maximum absolute atomic E-state index is 4.27. The smallest absolute Gasteiger partial charge is 0.0569 e. The van der Waals surface area contributed by atoms with E-state index in [0.29, 0.717) is 17.5 Å². The van der Waals surface area contributed by atoms with E-state index < -0.39 is 0 Å². The molecule has 1 N–H and O–H groups in total. The van der Waals surface area contributed by atoms with E-state index in [0.717, 1.165) is 13.0 Å². The molecular formula is C20H36N2. The van der Waals surface area contributed by atoms with Crippen molar-refractivity contribution in [1.29, 1.82) is 0 Å². The highest BCUT2D eigenvalue weighted by Gasteiger charge is 2.46. The highest BCUT2D eigenvalue weighted by molar-refractivity contribution is 5.53. The minimum atomic E-state index is 0.210. The Hall–Kier alpha value is -0.890. The summed E-state index contributed by atoms with van der Waals surface area (Å²) in [5.41, 5.74) is 2.04. The predicted molar refractivity (Wildman–Crippen MR) is 99.7 cm³/mol. The van der Waals surface area contributed by atoms with Gasteiger partial charge in [-0.1, -0.05) is 52.8 Å². The highest BCUT2D eigenvalue weighted by Crippen LogP contribution is 2.45. The van der Waals surface area contributed by atoms with E-state index in [1.807, 2.05) is 13.1 Å². The first-order valence-corrected chi connectivity index (χ1v) is 8.89. The molecule has 1 rings (SSSR count). The van der Waals surface area contributed by atoms with Crippen molar-refractivity contribution < 1.29 is 0 Å². The van der Waals surface area contributed by atoms with Crippen LogP contribution in [-0.2, 0) is 0 Å². The van der Waals surface area contributed by atoms with Gasteiger partial charge in [0.2, 0.25) is 0 Å². The van der Waals surface area contributed by atoms with Crippen molar-refractivity contribution >= 4 is 6.21 Å². The lowest BCUT2D eigenvalue weighted by molar-refractivity contribution is 0.0599. The molecule has 1 saturated heterocycles. The molecule has 3 atom stereocenters. The van der Waals surface area contributed by atoms with Crippen LogP contribution in [0.25, 0.3) is 0 Å². The summed E-state index contributed by atoms with van der Waals surface area (Å²) in [5.74, 6) is 0. The lowest BCUT2D eigenvalue weighted by Crippen LogP contribution is -2.64. The van der Waals surface area contributed by atoms with Crippen molar-refractivity contribution in [3.05, 3.63) is 23.8 Å². The summed E-state index contributed by atoms with van der Waals surface area (Å²) >= 11 is 0. The van der Waals surface area contributed by atoms with Crippen LogP contribution in [0.3, 0.4) is 0 Å². The normalized spacial score (nSPS) is 26.4. The van der Waals surface area contributed by atoms with Crippen molar-refractivity contribution in [2.45, 2.75) is 79.8 Å². The second-order valence-corrected chi connectivity index (χ2v) is 7.39. The molecule has 0 bridgehead atoms. The Morgan fingerprint density at radius 1 is 1.14 bits per heavy atom. The lowest BCUT2D eigenvalue weighted by atomic mass is 9.63. The van der Waals surface area contributed by atoms with E-state index in [4.69, 9.17) is 0 Å². The van der Waals surface area contributed by atoms with E-state index in [9.17, 15) is 0 Å². The fourth-order valence-corrected chi connectivity index (χ4v) is 3.30. The number of hydrogen-bond acceptors (Lipinski definition) is 2. The molecule has 0 aliphatic carbocycles. The average Bonchev–Trinajstić information content (AvgIpc) is 2.45. The van der Waals surface area contributed by atoms with E-state index in [2.05, 4.69) is 70.1 Å². The third kappa shape index (κ3) is 4.10. The number of allylic oxidation sites excluding steroid dienone is 2. The van der Waals surface area contributed by atoms with Crippen molar-refractivity contribution in [2.75, 3.05) is 6.54 Å². The molecule has 0 amide bonds. The van der Waals surface area contributed by atoms with Crippen LogP contribution in [0.4, 0.5) is 0 Å². The number of nitrogens with one attached hydrogen (secondary N) is 1. The fourth-order valence-electron chi connectivity index (χ4n) is 3.30. The second kappa shape index (κ2) is 8.10. The number of nitrogens with zero attached hydrogens (tertiary/aromatic N) is 1. The van der Waals surface area contributed by atoms with Crippen LogP contribution in [0.1, 0.15) is 67.7 Å². The van der Waals surface area contributed by atoms with Crippen LogP contribution < -0.4 is 5.32 Å². The summed E-state index contributed by atoms with van der Waals surface area (Å²) in [6.07, 6.45) is 12.3. The fraction of sp³-hybridized carbons (Fsp3) is 0.750. The van der Waals surface area contributed by atoms with Gasteiger partial charge < -0.3 is 5.32 Å². The number of aliphatic imine (C=N–C) groups is 1. The Labute approximate surface area is 138 Å². The standard InChI is InChI=1S/C20H36N2/c1-8-16(13-12-14-21-11-4)20(7,10-3)18-15-17(22-18)19(5,6)9-2/h8,11-13,17-18,22H,9-10,14-15H2,1-7H3. The SMILES string of the molecule is CC=NCC=CC(=CC)C(C)(CC)C1CC(C(C)(C)CC)N1. The number of hydrogen-bond donors (Lipinski definition) is 1. The van der Waals surface area contributed by atoms with E-state index in [-0.39, 0.29) is 5.41 Å². The Balaban J connectivity index is 2.78. The van der Waals surface area contributed by atoms with Gasteiger partial charge in [0.25, 0.3) is 0 Å². The second-order valence-electron chi connectivity index (χ2n) is 7.39. The van der Waals surface area contributed by atoms with E-state index >= 15 is 0 Å². The van der Waals surface area contributed by atoms with Crippen molar-refractivity contribution in [1.82, 2.24) is 5.32 Å². The van der Waals surface area contributed by atoms with Gasteiger partial charge in [-0.3, -0.25) is 4.99 Å². The first-order chi connectivity index (χ1) is 10.4. The minimum absolute atomic E-state index is 0.210. The Bertz CT molecular complexity index is 425. The summed E-state index contributed by atoms with van der Waals surface area (Å²) in [4.78, 5) is 4.27. The Kier molecular flexibility index (Phi) is 7.05. The van der Waals surface area contributed by atoms with E-state index in [1.54, 1.807) is 0 Å². The van der Waals surface area contributed by atoms with Crippen LogP contribution in [0.2, 0.25) is 0 Å². The van der Waals surface area contributed by atoms with Gasteiger partial charge in [-0.15, -0.1) is 0 Å². The molecule has 2 heteroatoms. The van der Waals surface area contributed by atoms with Crippen LogP contribution in [0.15, 0.2) is 28.8 Å². The molecule has 22 heavy (non-hydrogen) atoms. The van der Waals surface area contributed by atoms with Crippen molar-refractivity contribution in [3.63, 3.8) is 0 Å². The quantitative estimate of drug-likeness (QED) is 0.486. The molecule has 3 unspecified atom stereocenters. The molecule has 0 aromatic rings. The van der Waals surface area contributed by atoms with Crippen LogP contribution >= 0.6 is 0 Å². The molecular weight excluding hydrogens is 268 g/mol. The predicted octanol–water partition coefficient (Wildman–Crippen LogP) is 5.16. The molecule has 1 aliphatic rings. The molecule has 0 spiro atoms. The lowest BCUT2D eigenvalue weighted by Gasteiger charge is -2.54. The molecule has 0 aromatic carbocycles. The largest absolute Gasteiger partial charge is 0.310 e. The van der Waals surface area contributed by atoms with Gasteiger partial charge in [-0.05, 0) is 50.3 Å². The van der Waals surface area contributed by atoms with E-state index in [1.165, 1.54) is 18.4 Å². The first-order valence-electron chi connectivity index (χ1n) is 8.89. The minimum Gasteiger partial charge on any atom is -0.310 e. The number of rotatable bonds is 8. The van der Waals surface area contributed by atoms with Gasteiger partial charge in [-0.25, -0.2) is 0 Å². The zero-order valence-corrected chi connectivity index (χ0v) is 15.7. The van der Waals surface area contributed by atoms with Crippen LogP contribution in [0, 0.1) is 10.8 Å². The summed E-state index contributed by atoms with van der Waals surface area (Å²) in [7, 11) is 0. The van der Waals surface area contributed by atoms with Gasteiger partial charge in [0.15, 0.2) is 0 Å². The molecule has 1 heterocycles. The monoisotopic (exact) mass is 304 g/mol. The molecule has 1 aliphatic heterocycles. The third-order valence-corrected chi connectivity index (χ3v) is 5.89. The molecule has 0 aromatic heterocycles.